The number of aromatic nitrogens is 2. The number of aryl methyl sites for hydroxylation is 1. The van der Waals surface area contributed by atoms with Gasteiger partial charge in [-0.25, -0.2) is 0 Å². The maximum Gasteiger partial charge on any atom is 0.305 e. The molecule has 0 aromatic carbocycles. The Bertz CT molecular complexity index is 398. The van der Waals surface area contributed by atoms with Gasteiger partial charge in [0.2, 0.25) is 0 Å². The van der Waals surface area contributed by atoms with E-state index in [9.17, 15) is 9.59 Å². The van der Waals surface area contributed by atoms with Crippen molar-refractivity contribution in [3.63, 3.8) is 0 Å². The average Bonchev–Trinajstić information content (AvgIpc) is 2.71. The zero-order valence-electron chi connectivity index (χ0n) is 8.72. The Labute approximate surface area is 92.6 Å². The lowest BCUT2D eigenvalue weighted by Gasteiger charge is -1.99. The van der Waals surface area contributed by atoms with Crippen LogP contribution in [0.3, 0.4) is 0 Å². The van der Waals surface area contributed by atoms with Crippen LogP contribution in [0, 0.1) is 0 Å². The lowest BCUT2D eigenvalue weighted by molar-refractivity contribution is -0.137. The second-order valence-electron chi connectivity index (χ2n) is 3.11. The Morgan fingerprint density at radius 2 is 2.38 bits per heavy atom. The molecule has 0 atom stereocenters. The molecular weight excluding hydrogens is 210 g/mol. The van der Waals surface area contributed by atoms with Crippen molar-refractivity contribution < 1.29 is 14.7 Å². The quantitative estimate of drug-likeness (QED) is 0.678. The first kappa shape index (κ1) is 12.0. The summed E-state index contributed by atoms with van der Waals surface area (Å²) in [5.74, 6) is -1.19. The van der Waals surface area contributed by atoms with Crippen molar-refractivity contribution in [1.82, 2.24) is 15.1 Å². The highest BCUT2D eigenvalue weighted by Crippen LogP contribution is 1.97. The fourth-order valence-electron chi connectivity index (χ4n) is 1.07. The summed E-state index contributed by atoms with van der Waals surface area (Å²) in [5, 5.41) is 15.0. The van der Waals surface area contributed by atoms with Crippen LogP contribution in [0.15, 0.2) is 24.9 Å². The number of nitrogens with one attached hydrogen (secondary N) is 1. The van der Waals surface area contributed by atoms with Crippen molar-refractivity contribution in [1.29, 1.82) is 0 Å². The molecule has 86 valence electrons. The van der Waals surface area contributed by atoms with Crippen molar-refractivity contribution in [2.45, 2.75) is 13.0 Å². The second-order valence-corrected chi connectivity index (χ2v) is 3.11. The van der Waals surface area contributed by atoms with Crippen LogP contribution >= 0.6 is 0 Å². The number of rotatable bonds is 6. The van der Waals surface area contributed by atoms with Crippen LogP contribution in [-0.4, -0.2) is 33.3 Å². The lowest BCUT2D eigenvalue weighted by atomic mass is 10.4. The van der Waals surface area contributed by atoms with Crippen molar-refractivity contribution in [2.24, 2.45) is 0 Å². The molecule has 0 aliphatic heterocycles. The van der Waals surface area contributed by atoms with E-state index in [0.717, 1.165) is 0 Å². The van der Waals surface area contributed by atoms with Crippen LogP contribution in [0.4, 0.5) is 0 Å². The number of aliphatic carboxylic acids is 1. The highest BCUT2D eigenvalue weighted by Gasteiger charge is 2.08. The molecule has 16 heavy (non-hydrogen) atoms. The van der Waals surface area contributed by atoms with Gasteiger partial charge in [0.1, 0.15) is 5.69 Å². The van der Waals surface area contributed by atoms with Gasteiger partial charge in [-0.1, -0.05) is 6.08 Å². The van der Waals surface area contributed by atoms with Gasteiger partial charge in [-0.3, -0.25) is 14.3 Å². The number of carbonyl (C=O) groups excluding carboxylic acids is 1. The van der Waals surface area contributed by atoms with Crippen LogP contribution in [0.1, 0.15) is 16.9 Å². The fraction of sp³-hybridized carbons (Fsp3) is 0.300. The monoisotopic (exact) mass is 223 g/mol. The topological polar surface area (TPSA) is 84.2 Å². The molecule has 0 fully saturated rings. The van der Waals surface area contributed by atoms with Crippen LogP contribution in [-0.2, 0) is 11.3 Å². The zero-order valence-corrected chi connectivity index (χ0v) is 8.72. The summed E-state index contributed by atoms with van der Waals surface area (Å²) in [7, 11) is 0. The van der Waals surface area contributed by atoms with Crippen molar-refractivity contribution in [2.75, 3.05) is 6.54 Å². The molecule has 6 nitrogen and oxygen atoms in total. The second kappa shape index (κ2) is 5.69. The van der Waals surface area contributed by atoms with Gasteiger partial charge in [0, 0.05) is 12.7 Å². The van der Waals surface area contributed by atoms with E-state index < -0.39 is 5.97 Å². The smallest absolute Gasteiger partial charge is 0.305 e. The standard InChI is InChI=1S/C10H13N3O3/c1-2-5-11-10(16)8-3-6-13(12-8)7-4-9(14)15/h2-3,6H,1,4-5,7H2,(H,11,16)(H,14,15). The van der Waals surface area contributed by atoms with Gasteiger partial charge in [0.05, 0.1) is 13.0 Å². The normalized spacial score (nSPS) is 9.75. The Balaban J connectivity index is 2.53. The highest BCUT2D eigenvalue weighted by molar-refractivity contribution is 5.92. The molecule has 1 aromatic rings. The summed E-state index contributed by atoms with van der Waals surface area (Å²) < 4.78 is 1.43. The minimum Gasteiger partial charge on any atom is -0.481 e. The molecule has 1 rings (SSSR count). The van der Waals surface area contributed by atoms with E-state index in [-0.39, 0.29) is 24.6 Å². The van der Waals surface area contributed by atoms with Crippen LogP contribution < -0.4 is 5.32 Å². The number of carboxylic acid groups (broad SMARTS) is 1. The third kappa shape index (κ3) is 3.56. The maximum atomic E-state index is 11.4. The molecule has 1 heterocycles. The predicted molar refractivity (Wildman–Crippen MR) is 57.0 cm³/mol. The van der Waals surface area contributed by atoms with Crippen LogP contribution in [0.2, 0.25) is 0 Å². The Hall–Kier alpha value is -2.11. The summed E-state index contributed by atoms with van der Waals surface area (Å²) in [6.45, 7) is 4.10. The number of hydrogen-bond donors (Lipinski definition) is 2. The molecular formula is C10H13N3O3. The van der Waals surface area contributed by atoms with E-state index in [1.807, 2.05) is 0 Å². The summed E-state index contributed by atoms with van der Waals surface area (Å²) in [4.78, 5) is 21.7. The third-order valence-corrected chi connectivity index (χ3v) is 1.84. The molecule has 0 saturated heterocycles. The van der Waals surface area contributed by atoms with Gasteiger partial charge in [0.25, 0.3) is 5.91 Å². The van der Waals surface area contributed by atoms with Gasteiger partial charge in [-0.15, -0.1) is 6.58 Å². The van der Waals surface area contributed by atoms with Gasteiger partial charge >= 0.3 is 5.97 Å². The zero-order chi connectivity index (χ0) is 12.0. The SMILES string of the molecule is C=CCNC(=O)c1ccn(CCC(=O)O)n1. The molecule has 0 saturated carbocycles. The minimum absolute atomic E-state index is 0.0185. The van der Waals surface area contributed by atoms with E-state index in [4.69, 9.17) is 5.11 Å². The molecule has 0 spiro atoms. The van der Waals surface area contributed by atoms with Crippen molar-refractivity contribution >= 4 is 11.9 Å². The van der Waals surface area contributed by atoms with Crippen LogP contribution in [0.25, 0.3) is 0 Å². The molecule has 0 aliphatic rings. The van der Waals surface area contributed by atoms with Crippen molar-refractivity contribution in [3.8, 4) is 0 Å². The Kier molecular flexibility index (Phi) is 4.26. The maximum absolute atomic E-state index is 11.4. The van der Waals surface area contributed by atoms with Crippen molar-refractivity contribution in [3.05, 3.63) is 30.6 Å². The van der Waals surface area contributed by atoms with Gasteiger partial charge in [-0.2, -0.15) is 5.10 Å². The Morgan fingerprint density at radius 1 is 1.62 bits per heavy atom. The van der Waals surface area contributed by atoms with Gasteiger partial charge in [-0.05, 0) is 6.07 Å². The third-order valence-electron chi connectivity index (χ3n) is 1.84. The molecule has 0 radical (unpaired) electrons. The lowest BCUT2D eigenvalue weighted by Crippen LogP contribution is -2.23. The number of amides is 1. The molecule has 1 amide bonds. The largest absolute Gasteiger partial charge is 0.481 e. The summed E-state index contributed by atoms with van der Waals surface area (Å²) in [6, 6.07) is 1.54. The van der Waals surface area contributed by atoms with E-state index in [1.165, 1.54) is 4.68 Å². The number of carboxylic acids is 1. The summed E-state index contributed by atoms with van der Waals surface area (Å²) >= 11 is 0. The molecule has 6 heteroatoms. The molecule has 0 unspecified atom stereocenters. The fourth-order valence-corrected chi connectivity index (χ4v) is 1.07. The molecule has 1 aromatic heterocycles. The number of carbonyl (C=O) groups is 2. The average molecular weight is 223 g/mol. The summed E-state index contributed by atoms with van der Waals surface area (Å²) in [6.07, 6.45) is 3.13. The van der Waals surface area contributed by atoms with E-state index in [2.05, 4.69) is 17.0 Å². The first-order chi connectivity index (χ1) is 7.63. The summed E-state index contributed by atoms with van der Waals surface area (Å²) in [5.41, 5.74) is 0.271. The number of nitrogens with zero attached hydrogens (tertiary/aromatic N) is 2. The van der Waals surface area contributed by atoms with E-state index >= 15 is 0 Å². The first-order valence-electron chi connectivity index (χ1n) is 4.78. The van der Waals surface area contributed by atoms with E-state index in [1.54, 1.807) is 18.3 Å². The van der Waals surface area contributed by atoms with Gasteiger partial charge in [0.15, 0.2) is 0 Å². The van der Waals surface area contributed by atoms with Crippen LogP contribution in [0.5, 0.6) is 0 Å². The molecule has 0 bridgehead atoms. The number of hydrogen-bond acceptors (Lipinski definition) is 3. The molecule has 2 N–H and O–H groups in total. The predicted octanol–water partition coefficient (Wildman–Crippen LogP) is 0.274. The minimum atomic E-state index is -0.895. The van der Waals surface area contributed by atoms with Gasteiger partial charge < -0.3 is 10.4 Å². The Morgan fingerprint density at radius 3 is 3.00 bits per heavy atom. The highest BCUT2D eigenvalue weighted by atomic mass is 16.4. The molecule has 0 aliphatic carbocycles. The first-order valence-corrected chi connectivity index (χ1v) is 4.78. The van der Waals surface area contributed by atoms with E-state index in [0.29, 0.717) is 6.54 Å².